The molecule has 24 heavy (non-hydrogen) atoms. The molecule has 0 bridgehead atoms. The largest absolute Gasteiger partial charge is 0.527 e. The highest BCUT2D eigenvalue weighted by Crippen LogP contribution is 2.48. The number of ether oxygens (including phenoxy) is 3. The van der Waals surface area contributed by atoms with Crippen LogP contribution in [0.1, 0.15) is 0 Å². The zero-order valence-electron chi connectivity index (χ0n) is 10.2. The predicted octanol–water partition coefficient (Wildman–Crippen LogP) is 3.51. The molecule has 146 valence electrons. The van der Waals surface area contributed by atoms with Gasteiger partial charge in [-0.3, -0.25) is 4.74 Å². The minimum Gasteiger partial charge on any atom is -0.363 e. The first-order valence-electron chi connectivity index (χ1n) is 4.86. The third-order valence-electron chi connectivity index (χ3n) is 1.67. The highest BCUT2D eigenvalue weighted by atomic mass is 19.4. The Hall–Kier alpha value is -1.07. The fourth-order valence-electron chi connectivity index (χ4n) is 0.810. The summed E-state index contributed by atoms with van der Waals surface area (Å²) in [6.07, 6.45) is -29.3. The molecule has 0 aliphatic rings. The normalized spacial score (nSPS) is 20.6. The van der Waals surface area contributed by atoms with Crippen LogP contribution in [0.2, 0.25) is 0 Å². The Morgan fingerprint density at radius 3 is 1.25 bits per heavy atom. The van der Waals surface area contributed by atoms with Gasteiger partial charge in [-0.1, -0.05) is 0 Å². The molecule has 0 radical (unpaired) electrons. The molecule has 0 spiro atoms. The van der Waals surface area contributed by atoms with Crippen molar-refractivity contribution < 1.29 is 76.4 Å². The summed E-state index contributed by atoms with van der Waals surface area (Å²) in [6, 6.07) is -13.5. The molecular weight excluding hydrogens is 395 g/mol. The maximum absolute atomic E-state index is 13.3. The highest BCUT2D eigenvalue weighted by molar-refractivity contribution is 4.76. The number of aliphatic hydroxyl groups excluding tert-OH is 1. The van der Waals surface area contributed by atoms with Crippen molar-refractivity contribution in [3.8, 4) is 0 Å². The number of hydrogen-bond donors (Lipinski definition) is 1. The van der Waals surface area contributed by atoms with E-state index in [-0.39, 0.29) is 0 Å². The third kappa shape index (κ3) is 5.78. The van der Waals surface area contributed by atoms with Gasteiger partial charge in [0.15, 0.2) is 0 Å². The summed E-state index contributed by atoms with van der Waals surface area (Å²) >= 11 is 0. The van der Waals surface area contributed by atoms with Crippen LogP contribution in [-0.4, -0.2) is 48.6 Å². The Labute approximate surface area is 121 Å². The van der Waals surface area contributed by atoms with Gasteiger partial charge in [-0.05, 0) is 0 Å². The second-order valence-electron chi connectivity index (χ2n) is 3.56. The first kappa shape index (κ1) is 22.9. The van der Waals surface area contributed by atoms with E-state index in [1.807, 2.05) is 4.74 Å². The Balaban J connectivity index is 5.87. The fraction of sp³-hybridized carbons (Fsp3) is 1.00. The number of aliphatic hydroxyl groups is 1. The van der Waals surface area contributed by atoms with Crippen molar-refractivity contribution >= 4 is 0 Å². The number of rotatable bonds is 6. The van der Waals surface area contributed by atoms with Crippen LogP contribution >= 0.6 is 0 Å². The standard InChI is InChI=1S/C7H3F13O4/c8-1(9)2(21)22-5(16,3(10,11)12)23-6(17,4(13,14)15)24-7(18,19)20/h1-2,21H. The molecule has 4 nitrogen and oxygen atoms in total. The van der Waals surface area contributed by atoms with Crippen LogP contribution in [0.15, 0.2) is 0 Å². The van der Waals surface area contributed by atoms with Crippen LogP contribution in [0, 0.1) is 0 Å². The predicted molar refractivity (Wildman–Crippen MR) is 41.1 cm³/mol. The van der Waals surface area contributed by atoms with Gasteiger partial charge >= 0.3 is 30.8 Å². The second-order valence-corrected chi connectivity index (χ2v) is 3.56. The maximum Gasteiger partial charge on any atom is 0.527 e. The molecule has 0 aromatic rings. The molecule has 0 amide bonds. The van der Waals surface area contributed by atoms with Crippen molar-refractivity contribution in [3.05, 3.63) is 0 Å². The van der Waals surface area contributed by atoms with E-state index in [1.54, 1.807) is 4.74 Å². The van der Waals surface area contributed by atoms with E-state index in [0.29, 0.717) is 0 Å². The van der Waals surface area contributed by atoms with Gasteiger partial charge in [-0.2, -0.15) is 35.1 Å². The molecule has 0 aliphatic carbocycles. The first-order chi connectivity index (χ1) is 10.2. The molecule has 0 rings (SSSR count). The number of halogens is 13. The summed E-state index contributed by atoms with van der Waals surface area (Å²) < 4.78 is 164. The Morgan fingerprint density at radius 2 is 1.00 bits per heavy atom. The van der Waals surface area contributed by atoms with Crippen molar-refractivity contribution in [2.75, 3.05) is 0 Å². The second kappa shape index (κ2) is 6.68. The first-order valence-corrected chi connectivity index (χ1v) is 4.86. The topological polar surface area (TPSA) is 47.9 Å². The Bertz CT molecular complexity index is 416. The molecule has 0 aromatic carbocycles. The fourth-order valence-corrected chi connectivity index (χ4v) is 0.810. The summed E-state index contributed by atoms with van der Waals surface area (Å²) in [5.41, 5.74) is 0. The molecule has 17 heteroatoms. The minimum atomic E-state index is -7.11. The molecule has 0 fully saturated rings. The molecular formula is C7H3F13O4. The zero-order valence-corrected chi connectivity index (χ0v) is 10.2. The zero-order chi connectivity index (χ0) is 19.8. The average molecular weight is 398 g/mol. The monoisotopic (exact) mass is 398 g/mol. The SMILES string of the molecule is OC(OC(F)(OC(F)(OC(F)(F)F)C(F)(F)F)C(F)(F)F)C(F)F. The van der Waals surface area contributed by atoms with Gasteiger partial charge in [0, 0.05) is 0 Å². The van der Waals surface area contributed by atoms with E-state index in [1.165, 1.54) is 0 Å². The highest BCUT2D eigenvalue weighted by Gasteiger charge is 2.74. The van der Waals surface area contributed by atoms with Crippen LogP contribution in [-0.2, 0) is 14.2 Å². The number of alkyl halides is 13. The summed E-state index contributed by atoms with van der Waals surface area (Å²) in [4.78, 5) is 0. The summed E-state index contributed by atoms with van der Waals surface area (Å²) in [7, 11) is 0. The van der Waals surface area contributed by atoms with Crippen molar-refractivity contribution in [1.29, 1.82) is 0 Å². The van der Waals surface area contributed by atoms with E-state index in [0.717, 1.165) is 0 Å². The van der Waals surface area contributed by atoms with Crippen molar-refractivity contribution in [3.63, 3.8) is 0 Å². The van der Waals surface area contributed by atoms with Gasteiger partial charge in [0.25, 0.3) is 6.43 Å². The molecule has 3 unspecified atom stereocenters. The molecule has 0 saturated carbocycles. The van der Waals surface area contributed by atoms with Crippen LogP contribution in [0.3, 0.4) is 0 Å². The molecule has 0 heterocycles. The van der Waals surface area contributed by atoms with Crippen molar-refractivity contribution in [2.24, 2.45) is 0 Å². The van der Waals surface area contributed by atoms with Crippen LogP contribution < -0.4 is 0 Å². The lowest BCUT2D eigenvalue weighted by atomic mass is 10.5. The quantitative estimate of drug-likeness (QED) is 0.550. The number of hydrogen-bond acceptors (Lipinski definition) is 4. The van der Waals surface area contributed by atoms with E-state index >= 15 is 0 Å². The Morgan fingerprint density at radius 1 is 0.625 bits per heavy atom. The van der Waals surface area contributed by atoms with Crippen LogP contribution in [0.25, 0.3) is 0 Å². The van der Waals surface area contributed by atoms with Gasteiger partial charge in [0.05, 0.1) is 0 Å². The average Bonchev–Trinajstić information content (AvgIpc) is 2.22. The lowest BCUT2D eigenvalue weighted by Gasteiger charge is -2.35. The van der Waals surface area contributed by atoms with Crippen molar-refractivity contribution in [2.45, 2.75) is 43.5 Å². The van der Waals surface area contributed by atoms with Gasteiger partial charge in [-0.15, -0.1) is 13.2 Å². The van der Waals surface area contributed by atoms with Crippen LogP contribution in [0.4, 0.5) is 57.1 Å². The van der Waals surface area contributed by atoms with Gasteiger partial charge < -0.3 is 5.11 Å². The minimum absolute atomic E-state index is 1.62. The molecule has 1 N–H and O–H groups in total. The van der Waals surface area contributed by atoms with Crippen LogP contribution in [0.5, 0.6) is 0 Å². The summed E-state index contributed by atoms with van der Waals surface area (Å²) in [6.45, 7) is 0. The summed E-state index contributed by atoms with van der Waals surface area (Å²) in [5.74, 6) is 0. The van der Waals surface area contributed by atoms with Gasteiger partial charge in [0.1, 0.15) is 0 Å². The maximum atomic E-state index is 13.3. The van der Waals surface area contributed by atoms with Gasteiger partial charge in [0.2, 0.25) is 6.29 Å². The smallest absolute Gasteiger partial charge is 0.363 e. The van der Waals surface area contributed by atoms with E-state index < -0.39 is 43.5 Å². The van der Waals surface area contributed by atoms with E-state index in [2.05, 4.69) is 4.74 Å². The molecule has 3 atom stereocenters. The summed E-state index contributed by atoms with van der Waals surface area (Å²) in [5, 5.41) is 8.20. The van der Waals surface area contributed by atoms with Crippen molar-refractivity contribution in [1.82, 2.24) is 0 Å². The Kier molecular flexibility index (Phi) is 6.38. The molecule has 0 saturated heterocycles. The lowest BCUT2D eigenvalue weighted by Crippen LogP contribution is -2.60. The molecule has 0 aliphatic heterocycles. The van der Waals surface area contributed by atoms with E-state index in [4.69, 9.17) is 5.11 Å². The lowest BCUT2D eigenvalue weighted by molar-refractivity contribution is -0.590. The third-order valence-corrected chi connectivity index (χ3v) is 1.67. The van der Waals surface area contributed by atoms with E-state index in [9.17, 15) is 57.1 Å². The van der Waals surface area contributed by atoms with Gasteiger partial charge in [-0.25, -0.2) is 18.3 Å². The molecule has 0 aromatic heterocycles.